The molecule has 0 fully saturated rings. The van der Waals surface area contributed by atoms with Crippen LogP contribution in [0.3, 0.4) is 0 Å². The molecule has 1 aromatic carbocycles. The summed E-state index contributed by atoms with van der Waals surface area (Å²) in [4.78, 5) is 22.7. The number of nitrogen functional groups attached to an aromatic ring is 1. The number of carbonyl (C=O) groups excluding carboxylic acids is 2. The van der Waals surface area contributed by atoms with E-state index in [1.165, 1.54) is 6.08 Å². The lowest BCUT2D eigenvalue weighted by Gasteiger charge is -2.20. The lowest BCUT2D eigenvalue weighted by molar-refractivity contribution is -0.126. The summed E-state index contributed by atoms with van der Waals surface area (Å²) < 4.78 is 0. The molecule has 0 aromatic heterocycles. The van der Waals surface area contributed by atoms with Crippen molar-refractivity contribution in [2.24, 2.45) is 11.1 Å². The van der Waals surface area contributed by atoms with Crippen LogP contribution in [0.5, 0.6) is 0 Å². The Bertz CT molecular complexity index is 507. The molecule has 0 unspecified atom stereocenters. The summed E-state index contributed by atoms with van der Waals surface area (Å²) in [5, 5.41) is 2.63. The first-order valence-corrected chi connectivity index (χ1v) is 5.92. The van der Waals surface area contributed by atoms with Gasteiger partial charge in [0.05, 0.1) is 5.41 Å². The molecule has 0 aliphatic heterocycles. The lowest BCUT2D eigenvalue weighted by atomic mass is 9.93. The molecule has 1 aromatic rings. The Hall–Kier alpha value is -2.30. The number of benzene rings is 1. The minimum atomic E-state index is -0.763. The van der Waals surface area contributed by atoms with E-state index in [1.807, 2.05) is 12.1 Å². The van der Waals surface area contributed by atoms with Crippen LogP contribution in [0.1, 0.15) is 19.4 Å². The number of nitrogens with one attached hydrogen (secondary N) is 1. The maximum Gasteiger partial charge on any atom is 0.244 e. The summed E-state index contributed by atoms with van der Waals surface area (Å²) in [6.07, 6.45) is 3.05. The summed E-state index contributed by atoms with van der Waals surface area (Å²) >= 11 is 0. The molecule has 0 heterocycles. The van der Waals surface area contributed by atoms with E-state index >= 15 is 0 Å². The molecule has 102 valence electrons. The van der Waals surface area contributed by atoms with Gasteiger partial charge in [-0.3, -0.25) is 9.59 Å². The quantitative estimate of drug-likeness (QED) is 0.542. The predicted octanol–water partition coefficient (Wildman–Crippen LogP) is 0.910. The average Bonchev–Trinajstić information content (AvgIpc) is 2.34. The zero-order valence-corrected chi connectivity index (χ0v) is 11.1. The van der Waals surface area contributed by atoms with Crippen molar-refractivity contribution in [2.45, 2.75) is 13.8 Å². The molecule has 0 aliphatic carbocycles. The maximum absolute atomic E-state index is 11.6. The molecule has 0 saturated carbocycles. The molecule has 0 spiro atoms. The van der Waals surface area contributed by atoms with Gasteiger partial charge in [0.1, 0.15) is 0 Å². The molecule has 0 bridgehead atoms. The largest absolute Gasteiger partial charge is 0.399 e. The number of hydrogen-bond acceptors (Lipinski definition) is 3. The Balaban J connectivity index is 2.54. The highest BCUT2D eigenvalue weighted by atomic mass is 16.2. The van der Waals surface area contributed by atoms with Crippen molar-refractivity contribution < 1.29 is 9.59 Å². The molecule has 0 aliphatic rings. The third kappa shape index (κ3) is 4.83. The Morgan fingerprint density at radius 3 is 2.63 bits per heavy atom. The fourth-order valence-corrected chi connectivity index (χ4v) is 1.29. The number of hydrogen-bond donors (Lipinski definition) is 3. The van der Waals surface area contributed by atoms with Gasteiger partial charge < -0.3 is 16.8 Å². The van der Waals surface area contributed by atoms with Gasteiger partial charge in [0.2, 0.25) is 11.8 Å². The van der Waals surface area contributed by atoms with Crippen LogP contribution in [-0.4, -0.2) is 18.4 Å². The van der Waals surface area contributed by atoms with Crippen LogP contribution >= 0.6 is 0 Å². The second-order valence-electron chi connectivity index (χ2n) is 4.97. The van der Waals surface area contributed by atoms with Gasteiger partial charge in [0.25, 0.3) is 0 Å². The van der Waals surface area contributed by atoms with Gasteiger partial charge in [-0.15, -0.1) is 0 Å². The highest BCUT2D eigenvalue weighted by molar-refractivity contribution is 5.92. The van der Waals surface area contributed by atoms with Gasteiger partial charge in [-0.2, -0.15) is 0 Å². The smallest absolute Gasteiger partial charge is 0.244 e. The lowest BCUT2D eigenvalue weighted by Crippen LogP contribution is -2.41. The number of rotatable bonds is 5. The SMILES string of the molecule is CC(C)(CNC(=O)/C=C/c1cccc(N)c1)C(N)=O. The van der Waals surface area contributed by atoms with Gasteiger partial charge in [-0.05, 0) is 37.6 Å². The van der Waals surface area contributed by atoms with Crippen molar-refractivity contribution in [2.75, 3.05) is 12.3 Å². The van der Waals surface area contributed by atoms with Crippen LogP contribution in [0.4, 0.5) is 5.69 Å². The number of primary amides is 1. The first-order chi connectivity index (χ1) is 8.81. The number of carbonyl (C=O) groups is 2. The Morgan fingerprint density at radius 2 is 2.05 bits per heavy atom. The van der Waals surface area contributed by atoms with E-state index < -0.39 is 11.3 Å². The maximum atomic E-state index is 11.6. The molecule has 5 N–H and O–H groups in total. The first-order valence-electron chi connectivity index (χ1n) is 5.92. The summed E-state index contributed by atoms with van der Waals surface area (Å²) in [6, 6.07) is 7.18. The highest BCUT2D eigenvalue weighted by Gasteiger charge is 2.24. The van der Waals surface area contributed by atoms with Gasteiger partial charge in [0.15, 0.2) is 0 Å². The Kier molecular flexibility index (Phi) is 4.69. The molecule has 5 nitrogen and oxygen atoms in total. The summed E-state index contributed by atoms with van der Waals surface area (Å²) in [5.74, 6) is -0.732. The van der Waals surface area contributed by atoms with Crippen LogP contribution in [0, 0.1) is 5.41 Å². The molecular formula is C14H19N3O2. The fourth-order valence-electron chi connectivity index (χ4n) is 1.29. The zero-order chi connectivity index (χ0) is 14.5. The van der Waals surface area contributed by atoms with Crippen LogP contribution in [-0.2, 0) is 9.59 Å². The molecule has 0 radical (unpaired) electrons. The third-order valence-electron chi connectivity index (χ3n) is 2.71. The van der Waals surface area contributed by atoms with E-state index in [0.717, 1.165) is 5.56 Å². The van der Waals surface area contributed by atoms with Crippen LogP contribution in [0.2, 0.25) is 0 Å². The number of anilines is 1. The standard InChI is InChI=1S/C14H19N3O2/c1-14(2,13(16)19)9-17-12(18)7-6-10-4-3-5-11(15)8-10/h3-8H,9,15H2,1-2H3,(H2,16,19)(H,17,18)/b7-6+. The third-order valence-corrected chi connectivity index (χ3v) is 2.71. The van der Waals surface area contributed by atoms with Gasteiger partial charge in [0, 0.05) is 18.3 Å². The van der Waals surface area contributed by atoms with E-state index in [9.17, 15) is 9.59 Å². The number of amides is 2. The molecule has 5 heteroatoms. The summed E-state index contributed by atoms with van der Waals surface area (Å²) in [6.45, 7) is 3.55. The van der Waals surface area contributed by atoms with E-state index in [4.69, 9.17) is 11.5 Å². The number of nitrogens with two attached hydrogens (primary N) is 2. The van der Waals surface area contributed by atoms with Crippen molar-refractivity contribution in [3.63, 3.8) is 0 Å². The minimum Gasteiger partial charge on any atom is -0.399 e. The first kappa shape index (κ1) is 14.8. The second kappa shape index (κ2) is 6.04. The van der Waals surface area contributed by atoms with E-state index in [-0.39, 0.29) is 12.5 Å². The van der Waals surface area contributed by atoms with Crippen molar-refractivity contribution in [3.05, 3.63) is 35.9 Å². The molecule has 0 atom stereocenters. The molecule has 19 heavy (non-hydrogen) atoms. The van der Waals surface area contributed by atoms with E-state index in [2.05, 4.69) is 5.32 Å². The van der Waals surface area contributed by atoms with Gasteiger partial charge in [-0.1, -0.05) is 12.1 Å². The average molecular weight is 261 g/mol. The molecule has 0 saturated heterocycles. The van der Waals surface area contributed by atoms with Gasteiger partial charge >= 0.3 is 0 Å². The predicted molar refractivity (Wildman–Crippen MR) is 75.9 cm³/mol. The monoisotopic (exact) mass is 261 g/mol. The highest BCUT2D eigenvalue weighted by Crippen LogP contribution is 2.12. The fraction of sp³-hybridized carbons (Fsp3) is 0.286. The molecule has 2 amide bonds. The van der Waals surface area contributed by atoms with Crippen LogP contribution in [0.15, 0.2) is 30.3 Å². The zero-order valence-electron chi connectivity index (χ0n) is 11.1. The summed E-state index contributed by atoms with van der Waals surface area (Å²) in [7, 11) is 0. The van der Waals surface area contributed by atoms with Crippen molar-refractivity contribution in [1.29, 1.82) is 0 Å². The molecule has 1 rings (SSSR count). The Morgan fingerprint density at radius 1 is 1.37 bits per heavy atom. The summed E-state index contributed by atoms with van der Waals surface area (Å²) in [5.41, 5.74) is 11.6. The van der Waals surface area contributed by atoms with Crippen LogP contribution in [0.25, 0.3) is 6.08 Å². The van der Waals surface area contributed by atoms with Crippen molar-refractivity contribution in [1.82, 2.24) is 5.32 Å². The van der Waals surface area contributed by atoms with Crippen molar-refractivity contribution >= 4 is 23.6 Å². The van der Waals surface area contributed by atoms with Gasteiger partial charge in [-0.25, -0.2) is 0 Å². The van der Waals surface area contributed by atoms with E-state index in [0.29, 0.717) is 5.69 Å². The second-order valence-corrected chi connectivity index (χ2v) is 4.97. The minimum absolute atomic E-state index is 0.197. The van der Waals surface area contributed by atoms with Crippen LogP contribution < -0.4 is 16.8 Å². The van der Waals surface area contributed by atoms with E-state index in [1.54, 1.807) is 32.1 Å². The molecular weight excluding hydrogens is 242 g/mol. The van der Waals surface area contributed by atoms with Crippen molar-refractivity contribution in [3.8, 4) is 0 Å². The Labute approximate surface area is 112 Å². The normalized spacial score (nSPS) is 11.5. The topological polar surface area (TPSA) is 98.2 Å².